The fraction of sp³-hybridized carbons (Fsp3) is 0.167. The Morgan fingerprint density at radius 1 is 1.59 bits per heavy atom. The maximum absolute atomic E-state index is 11.7. The third kappa shape index (κ3) is 2.44. The van der Waals surface area contributed by atoms with Gasteiger partial charge in [-0.15, -0.1) is 6.58 Å². The Bertz CT molecular complexity index is 483. The normalized spacial score (nSPS) is 13.1. The molecule has 1 heterocycles. The van der Waals surface area contributed by atoms with Crippen molar-refractivity contribution in [1.29, 1.82) is 0 Å². The number of hydrogen-bond donors (Lipinski definition) is 2. The van der Waals surface area contributed by atoms with Crippen molar-refractivity contribution in [2.75, 3.05) is 18.5 Å². The van der Waals surface area contributed by atoms with Gasteiger partial charge in [0.15, 0.2) is 6.61 Å². The van der Waals surface area contributed by atoms with Crippen molar-refractivity contribution >= 4 is 17.5 Å². The van der Waals surface area contributed by atoms with Crippen molar-refractivity contribution < 1.29 is 14.3 Å². The van der Waals surface area contributed by atoms with Crippen molar-refractivity contribution in [2.24, 2.45) is 0 Å². The molecule has 2 amide bonds. The second-order valence-electron chi connectivity index (χ2n) is 3.55. The summed E-state index contributed by atoms with van der Waals surface area (Å²) in [6, 6.07) is 4.88. The molecule has 2 rings (SSSR count). The average molecular weight is 232 g/mol. The van der Waals surface area contributed by atoms with Crippen LogP contribution in [0.25, 0.3) is 0 Å². The van der Waals surface area contributed by atoms with Crippen LogP contribution in [0.3, 0.4) is 0 Å². The number of carbonyl (C=O) groups excluding carboxylic acids is 2. The van der Waals surface area contributed by atoms with E-state index in [2.05, 4.69) is 17.2 Å². The number of anilines is 1. The molecule has 0 fully saturated rings. The number of ether oxygens (including phenoxy) is 1. The van der Waals surface area contributed by atoms with Gasteiger partial charge >= 0.3 is 0 Å². The molecule has 0 aromatic heterocycles. The number of benzene rings is 1. The molecular weight excluding hydrogens is 220 g/mol. The molecule has 0 spiro atoms. The molecule has 88 valence electrons. The molecule has 0 bridgehead atoms. The van der Waals surface area contributed by atoms with E-state index in [1.807, 2.05) is 0 Å². The van der Waals surface area contributed by atoms with Crippen LogP contribution in [-0.2, 0) is 4.79 Å². The third-order valence-corrected chi connectivity index (χ3v) is 2.28. The molecule has 1 aliphatic heterocycles. The number of fused-ring (bicyclic) bond motifs is 1. The molecule has 0 saturated carbocycles. The van der Waals surface area contributed by atoms with Crippen LogP contribution in [0.15, 0.2) is 30.9 Å². The summed E-state index contributed by atoms with van der Waals surface area (Å²) in [4.78, 5) is 22.7. The Labute approximate surface area is 98.5 Å². The number of amides is 2. The predicted molar refractivity (Wildman–Crippen MR) is 63.1 cm³/mol. The van der Waals surface area contributed by atoms with Gasteiger partial charge in [-0.25, -0.2) is 0 Å². The highest BCUT2D eigenvalue weighted by Gasteiger charge is 2.17. The smallest absolute Gasteiger partial charge is 0.262 e. The van der Waals surface area contributed by atoms with Crippen LogP contribution >= 0.6 is 0 Å². The van der Waals surface area contributed by atoms with E-state index < -0.39 is 0 Å². The van der Waals surface area contributed by atoms with Crippen LogP contribution < -0.4 is 15.4 Å². The number of hydrogen-bond acceptors (Lipinski definition) is 3. The highest BCUT2D eigenvalue weighted by atomic mass is 16.5. The van der Waals surface area contributed by atoms with E-state index in [1.165, 1.54) is 0 Å². The van der Waals surface area contributed by atoms with Crippen molar-refractivity contribution in [3.8, 4) is 5.75 Å². The maximum atomic E-state index is 11.7. The zero-order chi connectivity index (χ0) is 12.3. The Morgan fingerprint density at radius 3 is 3.18 bits per heavy atom. The molecule has 1 aromatic carbocycles. The van der Waals surface area contributed by atoms with Crippen LogP contribution in [0.5, 0.6) is 5.75 Å². The van der Waals surface area contributed by atoms with Gasteiger partial charge in [0.2, 0.25) is 0 Å². The van der Waals surface area contributed by atoms with Crippen LogP contribution in [0.4, 0.5) is 5.69 Å². The van der Waals surface area contributed by atoms with Gasteiger partial charge in [0.1, 0.15) is 5.75 Å². The van der Waals surface area contributed by atoms with E-state index in [0.29, 0.717) is 23.5 Å². The number of rotatable bonds is 3. The zero-order valence-corrected chi connectivity index (χ0v) is 9.16. The highest BCUT2D eigenvalue weighted by molar-refractivity contribution is 5.98. The zero-order valence-electron chi connectivity index (χ0n) is 9.16. The van der Waals surface area contributed by atoms with Gasteiger partial charge < -0.3 is 15.4 Å². The predicted octanol–water partition coefficient (Wildman–Crippen LogP) is 0.933. The minimum Gasteiger partial charge on any atom is -0.482 e. The van der Waals surface area contributed by atoms with E-state index in [9.17, 15) is 9.59 Å². The Balaban J connectivity index is 2.19. The summed E-state index contributed by atoms with van der Waals surface area (Å²) in [5.74, 6) is 0.116. The standard InChI is InChI=1S/C12H12N2O3/c1-2-5-13-12(16)8-3-4-9-10(6-8)17-7-11(15)14-9/h2-4,6H,1,5,7H2,(H,13,16)(H,14,15). The Morgan fingerprint density at radius 2 is 2.41 bits per heavy atom. The fourth-order valence-electron chi connectivity index (χ4n) is 1.48. The van der Waals surface area contributed by atoms with E-state index in [0.717, 1.165) is 0 Å². The first-order chi connectivity index (χ1) is 8.20. The van der Waals surface area contributed by atoms with Crippen LogP contribution in [-0.4, -0.2) is 25.0 Å². The summed E-state index contributed by atoms with van der Waals surface area (Å²) in [6.45, 7) is 3.91. The lowest BCUT2D eigenvalue weighted by Crippen LogP contribution is -2.26. The van der Waals surface area contributed by atoms with Crippen molar-refractivity contribution in [2.45, 2.75) is 0 Å². The van der Waals surface area contributed by atoms with E-state index in [1.54, 1.807) is 24.3 Å². The molecule has 1 aliphatic rings. The van der Waals surface area contributed by atoms with Crippen LogP contribution in [0, 0.1) is 0 Å². The second kappa shape index (κ2) is 4.69. The van der Waals surface area contributed by atoms with E-state index in [-0.39, 0.29) is 18.4 Å². The van der Waals surface area contributed by atoms with E-state index in [4.69, 9.17) is 4.74 Å². The average Bonchev–Trinajstić information content (AvgIpc) is 2.35. The third-order valence-electron chi connectivity index (χ3n) is 2.28. The first-order valence-corrected chi connectivity index (χ1v) is 5.16. The number of carbonyl (C=O) groups is 2. The lowest BCUT2D eigenvalue weighted by Gasteiger charge is -2.18. The summed E-state index contributed by atoms with van der Waals surface area (Å²) in [7, 11) is 0. The molecule has 5 heteroatoms. The monoisotopic (exact) mass is 232 g/mol. The van der Waals surface area contributed by atoms with E-state index >= 15 is 0 Å². The van der Waals surface area contributed by atoms with Gasteiger partial charge in [0.05, 0.1) is 5.69 Å². The van der Waals surface area contributed by atoms with Crippen molar-refractivity contribution in [3.63, 3.8) is 0 Å². The summed E-state index contributed by atoms with van der Waals surface area (Å²) in [5.41, 5.74) is 1.07. The highest BCUT2D eigenvalue weighted by Crippen LogP contribution is 2.28. The molecule has 1 aromatic rings. The summed E-state index contributed by atoms with van der Waals surface area (Å²) < 4.78 is 5.22. The Kier molecular flexibility index (Phi) is 3.09. The Hall–Kier alpha value is -2.30. The summed E-state index contributed by atoms with van der Waals surface area (Å²) >= 11 is 0. The van der Waals surface area contributed by atoms with Gasteiger partial charge in [-0.2, -0.15) is 0 Å². The van der Waals surface area contributed by atoms with Crippen molar-refractivity contribution in [1.82, 2.24) is 5.32 Å². The number of nitrogens with one attached hydrogen (secondary N) is 2. The first kappa shape index (κ1) is 11.2. The molecule has 0 radical (unpaired) electrons. The minimum atomic E-state index is -0.201. The first-order valence-electron chi connectivity index (χ1n) is 5.16. The molecule has 17 heavy (non-hydrogen) atoms. The largest absolute Gasteiger partial charge is 0.482 e. The topological polar surface area (TPSA) is 67.4 Å². The molecule has 5 nitrogen and oxygen atoms in total. The lowest BCUT2D eigenvalue weighted by atomic mass is 10.1. The van der Waals surface area contributed by atoms with Gasteiger partial charge in [0.25, 0.3) is 11.8 Å². The molecule has 2 N–H and O–H groups in total. The maximum Gasteiger partial charge on any atom is 0.262 e. The van der Waals surface area contributed by atoms with Gasteiger partial charge in [0, 0.05) is 12.1 Å². The summed E-state index contributed by atoms with van der Waals surface area (Å²) in [5, 5.41) is 5.32. The van der Waals surface area contributed by atoms with Gasteiger partial charge in [-0.05, 0) is 18.2 Å². The second-order valence-corrected chi connectivity index (χ2v) is 3.55. The molecule has 0 unspecified atom stereocenters. The van der Waals surface area contributed by atoms with Crippen molar-refractivity contribution in [3.05, 3.63) is 36.4 Å². The summed E-state index contributed by atoms with van der Waals surface area (Å²) in [6.07, 6.45) is 1.60. The lowest BCUT2D eigenvalue weighted by molar-refractivity contribution is -0.118. The quantitative estimate of drug-likeness (QED) is 0.762. The SMILES string of the molecule is C=CCNC(=O)c1ccc2c(c1)OCC(=O)N2. The van der Waals surface area contributed by atoms with Crippen LogP contribution in [0.2, 0.25) is 0 Å². The molecule has 0 aliphatic carbocycles. The fourth-order valence-corrected chi connectivity index (χ4v) is 1.48. The van der Waals surface area contributed by atoms with Gasteiger partial charge in [-0.3, -0.25) is 9.59 Å². The van der Waals surface area contributed by atoms with Gasteiger partial charge in [-0.1, -0.05) is 6.08 Å². The minimum absolute atomic E-state index is 0.0231. The van der Waals surface area contributed by atoms with Crippen LogP contribution in [0.1, 0.15) is 10.4 Å². The molecular formula is C12H12N2O3. The molecule has 0 saturated heterocycles. The molecule has 0 atom stereocenters.